The monoisotopic (exact) mass is 483 g/mol. The lowest BCUT2D eigenvalue weighted by atomic mass is 9.85. The van der Waals surface area contributed by atoms with Crippen molar-refractivity contribution in [3.63, 3.8) is 0 Å². The molecule has 1 unspecified atom stereocenters. The molecule has 0 saturated heterocycles. The first kappa shape index (κ1) is 21.4. The summed E-state index contributed by atoms with van der Waals surface area (Å²) in [6, 6.07) is 4.49. The van der Waals surface area contributed by atoms with Crippen LogP contribution in [-0.2, 0) is 14.9 Å². The van der Waals surface area contributed by atoms with Crippen molar-refractivity contribution in [2.45, 2.75) is 55.3 Å². The number of hydrogen-bond donors (Lipinski definition) is 2. The number of nitrogens with one attached hydrogen (secondary N) is 2. The van der Waals surface area contributed by atoms with Gasteiger partial charge in [-0.3, -0.25) is 0 Å². The van der Waals surface area contributed by atoms with Gasteiger partial charge in [0, 0.05) is 23.7 Å². The second-order valence-electron chi connectivity index (χ2n) is 6.96. The van der Waals surface area contributed by atoms with Gasteiger partial charge in [0.15, 0.2) is 6.10 Å². The highest BCUT2D eigenvalue weighted by atomic mass is 79.9. The van der Waals surface area contributed by atoms with Gasteiger partial charge in [0.05, 0.1) is 10.8 Å². The van der Waals surface area contributed by atoms with Gasteiger partial charge in [0.2, 0.25) is 10.0 Å². The van der Waals surface area contributed by atoms with Crippen molar-refractivity contribution in [3.05, 3.63) is 23.8 Å². The van der Waals surface area contributed by atoms with Crippen LogP contribution in [0, 0.1) is 5.92 Å². The van der Waals surface area contributed by atoms with Gasteiger partial charge in [0.1, 0.15) is 4.62 Å². The second kappa shape index (κ2) is 8.19. The first-order chi connectivity index (χ1) is 13.1. The SMILES string of the molecule is CNS(=O)(=O)c1ccc(N[C@H]2CC[C@H](C(F)(F)F)CC2)c(C2CC(Br)=NO2)c1. The maximum absolute atomic E-state index is 12.9. The van der Waals surface area contributed by atoms with Crippen LogP contribution in [0.5, 0.6) is 0 Å². The van der Waals surface area contributed by atoms with Crippen molar-refractivity contribution < 1.29 is 26.4 Å². The fraction of sp³-hybridized carbons (Fsp3) is 0.588. The minimum absolute atomic E-state index is 0.0807. The van der Waals surface area contributed by atoms with Gasteiger partial charge in [-0.15, -0.1) is 0 Å². The lowest BCUT2D eigenvalue weighted by Gasteiger charge is -2.31. The fourth-order valence-electron chi connectivity index (χ4n) is 3.52. The molecule has 0 bridgehead atoms. The molecule has 2 N–H and O–H groups in total. The van der Waals surface area contributed by atoms with Gasteiger partial charge in [-0.1, -0.05) is 5.16 Å². The maximum atomic E-state index is 12.9. The molecule has 1 aromatic carbocycles. The Bertz CT molecular complexity index is 853. The highest BCUT2D eigenvalue weighted by molar-refractivity contribution is 9.18. The normalized spacial score (nSPS) is 25.9. The molecule has 2 aliphatic rings. The summed E-state index contributed by atoms with van der Waals surface area (Å²) in [5.74, 6) is -1.25. The minimum Gasteiger partial charge on any atom is -0.386 e. The Kier molecular flexibility index (Phi) is 6.26. The van der Waals surface area contributed by atoms with Gasteiger partial charge in [-0.2, -0.15) is 13.2 Å². The highest BCUT2D eigenvalue weighted by Crippen LogP contribution is 2.40. The number of hydrogen-bond acceptors (Lipinski definition) is 5. The zero-order valence-corrected chi connectivity index (χ0v) is 17.5. The van der Waals surface area contributed by atoms with E-state index < -0.39 is 28.2 Å². The Labute approximate surface area is 170 Å². The Morgan fingerprint density at radius 3 is 2.43 bits per heavy atom. The van der Waals surface area contributed by atoms with E-state index in [9.17, 15) is 21.6 Å². The van der Waals surface area contributed by atoms with Crippen LogP contribution in [-0.4, -0.2) is 32.3 Å². The molecule has 1 aromatic rings. The first-order valence-electron chi connectivity index (χ1n) is 8.89. The second-order valence-corrected chi connectivity index (χ2v) is 9.76. The maximum Gasteiger partial charge on any atom is 0.391 e. The molecule has 0 radical (unpaired) electrons. The smallest absolute Gasteiger partial charge is 0.386 e. The van der Waals surface area contributed by atoms with Crippen molar-refractivity contribution in [1.82, 2.24) is 4.72 Å². The van der Waals surface area contributed by atoms with Gasteiger partial charge in [-0.25, -0.2) is 13.1 Å². The molecular formula is C17H21BrF3N3O3S. The van der Waals surface area contributed by atoms with Crippen molar-refractivity contribution in [2.24, 2.45) is 11.1 Å². The average Bonchev–Trinajstić information content (AvgIpc) is 3.08. The molecule has 1 fully saturated rings. The summed E-state index contributed by atoms with van der Waals surface area (Å²) < 4.78 is 65.8. The number of oxime groups is 1. The number of halogens is 4. The molecule has 11 heteroatoms. The molecule has 1 heterocycles. The molecule has 156 valence electrons. The zero-order chi connectivity index (χ0) is 20.5. The number of sulfonamides is 1. The molecule has 1 aliphatic carbocycles. The first-order valence-corrected chi connectivity index (χ1v) is 11.2. The van der Waals surface area contributed by atoms with Gasteiger partial charge < -0.3 is 10.2 Å². The van der Waals surface area contributed by atoms with E-state index in [1.54, 1.807) is 6.07 Å². The highest BCUT2D eigenvalue weighted by Gasteiger charge is 2.41. The Morgan fingerprint density at radius 1 is 1.21 bits per heavy atom. The molecular weight excluding hydrogens is 463 g/mol. The fourth-order valence-corrected chi connectivity index (χ4v) is 4.67. The van der Waals surface area contributed by atoms with Crippen LogP contribution in [0.4, 0.5) is 18.9 Å². The topological polar surface area (TPSA) is 79.8 Å². The summed E-state index contributed by atoms with van der Waals surface area (Å²) in [7, 11) is -2.32. The zero-order valence-electron chi connectivity index (χ0n) is 15.1. The Morgan fingerprint density at radius 2 is 1.89 bits per heavy atom. The van der Waals surface area contributed by atoms with E-state index in [1.165, 1.54) is 19.2 Å². The molecule has 28 heavy (non-hydrogen) atoms. The Balaban J connectivity index is 1.80. The number of benzene rings is 1. The molecule has 3 rings (SSSR count). The lowest BCUT2D eigenvalue weighted by molar-refractivity contribution is -0.182. The van der Waals surface area contributed by atoms with Crippen LogP contribution in [0.15, 0.2) is 28.3 Å². The van der Waals surface area contributed by atoms with Crippen molar-refractivity contribution in [2.75, 3.05) is 12.4 Å². The van der Waals surface area contributed by atoms with E-state index in [1.807, 2.05) is 0 Å². The van der Waals surface area contributed by atoms with Crippen LogP contribution in [0.25, 0.3) is 0 Å². The predicted octanol–water partition coefficient (Wildman–Crippen LogP) is 4.30. The van der Waals surface area contributed by atoms with Crippen LogP contribution in [0.3, 0.4) is 0 Å². The van der Waals surface area contributed by atoms with Crippen molar-refractivity contribution in [3.8, 4) is 0 Å². The molecule has 6 nitrogen and oxygen atoms in total. The van der Waals surface area contributed by atoms with E-state index >= 15 is 0 Å². The summed E-state index contributed by atoms with van der Waals surface area (Å²) in [6.07, 6.45) is -3.23. The van der Waals surface area contributed by atoms with Gasteiger partial charge in [-0.05, 0) is 66.9 Å². The van der Waals surface area contributed by atoms with Crippen molar-refractivity contribution in [1.29, 1.82) is 0 Å². The summed E-state index contributed by atoms with van der Waals surface area (Å²) in [5.41, 5.74) is 1.25. The number of anilines is 1. The average molecular weight is 484 g/mol. The number of alkyl halides is 3. The van der Waals surface area contributed by atoms with Gasteiger partial charge in [0.25, 0.3) is 0 Å². The third-order valence-electron chi connectivity index (χ3n) is 5.13. The number of nitrogens with zero attached hydrogens (tertiary/aromatic N) is 1. The third kappa shape index (κ3) is 4.80. The van der Waals surface area contributed by atoms with E-state index in [2.05, 4.69) is 31.1 Å². The van der Waals surface area contributed by atoms with E-state index in [4.69, 9.17) is 4.84 Å². The summed E-state index contributed by atoms with van der Waals surface area (Å²) >= 11 is 3.26. The van der Waals surface area contributed by atoms with Crippen LogP contribution in [0.1, 0.15) is 43.8 Å². The van der Waals surface area contributed by atoms with E-state index in [0.717, 1.165) is 0 Å². The molecule has 0 amide bonds. The molecule has 1 saturated carbocycles. The third-order valence-corrected chi connectivity index (χ3v) is 7.01. The van der Waals surface area contributed by atoms with Crippen molar-refractivity contribution >= 4 is 36.3 Å². The summed E-state index contributed by atoms with van der Waals surface area (Å²) in [4.78, 5) is 5.47. The molecule has 1 aliphatic heterocycles. The van der Waals surface area contributed by atoms with E-state index in [0.29, 0.717) is 35.1 Å². The van der Waals surface area contributed by atoms with Crippen LogP contribution in [0.2, 0.25) is 0 Å². The summed E-state index contributed by atoms with van der Waals surface area (Å²) in [5, 5.41) is 7.13. The standard InChI is InChI=1S/C17H21BrF3N3O3S/c1-22-28(25,26)12-6-7-14(13(8-12)15-9-16(18)24-27-15)23-11-4-2-10(3-5-11)17(19,20)21/h6-8,10-11,15,22-23H,2-5,9H2,1H3/t10-,11-,15?. The van der Waals surface area contributed by atoms with Crippen LogP contribution >= 0.6 is 15.9 Å². The quantitative estimate of drug-likeness (QED) is 0.654. The predicted molar refractivity (Wildman–Crippen MR) is 103 cm³/mol. The Hall–Kier alpha value is -1.33. The minimum atomic E-state index is -4.15. The largest absolute Gasteiger partial charge is 0.391 e. The molecule has 0 spiro atoms. The molecule has 0 aromatic heterocycles. The van der Waals surface area contributed by atoms with Gasteiger partial charge >= 0.3 is 6.18 Å². The van der Waals surface area contributed by atoms with Crippen LogP contribution < -0.4 is 10.0 Å². The molecule has 1 atom stereocenters. The lowest BCUT2D eigenvalue weighted by Crippen LogP contribution is -2.33. The van der Waals surface area contributed by atoms with E-state index in [-0.39, 0.29) is 23.8 Å². The summed E-state index contributed by atoms with van der Waals surface area (Å²) in [6.45, 7) is 0. The number of rotatable bonds is 5.